The van der Waals surface area contributed by atoms with Gasteiger partial charge in [0.1, 0.15) is 11.5 Å². The molecule has 0 saturated heterocycles. The van der Waals surface area contributed by atoms with Crippen molar-refractivity contribution in [3.05, 3.63) is 42.0 Å². The average molecular weight is 439 g/mol. The van der Waals surface area contributed by atoms with Crippen molar-refractivity contribution < 1.29 is 32.2 Å². The van der Waals surface area contributed by atoms with Crippen molar-refractivity contribution in [1.82, 2.24) is 10.0 Å². The minimum absolute atomic E-state index is 0.0154. The van der Waals surface area contributed by atoms with E-state index >= 15 is 0 Å². The third-order valence-corrected chi connectivity index (χ3v) is 5.73. The Morgan fingerprint density at radius 2 is 1.53 bits per heavy atom. The predicted molar refractivity (Wildman–Crippen MR) is 111 cm³/mol. The zero-order valence-corrected chi connectivity index (χ0v) is 18.2. The van der Waals surface area contributed by atoms with Gasteiger partial charge in [0.05, 0.1) is 33.3 Å². The number of ether oxygens (including phenoxy) is 4. The molecule has 0 heterocycles. The molecule has 1 amide bonds. The molecule has 164 valence electrons. The van der Waals surface area contributed by atoms with Crippen molar-refractivity contribution in [1.29, 1.82) is 0 Å². The number of amides is 1. The molecule has 30 heavy (non-hydrogen) atoms. The molecular weight excluding hydrogens is 412 g/mol. The largest absolute Gasteiger partial charge is 0.497 e. The third kappa shape index (κ3) is 6.01. The van der Waals surface area contributed by atoms with Crippen molar-refractivity contribution in [3.63, 3.8) is 0 Å². The molecule has 0 fully saturated rings. The lowest BCUT2D eigenvalue weighted by Gasteiger charge is -2.12. The van der Waals surface area contributed by atoms with E-state index in [1.54, 1.807) is 25.3 Å². The standard InChI is InChI=1S/C20H26N2O7S/c1-26-15-5-7-17(27-2)14(11-15)13-21-20(23)9-10-22-30(24,25)16-6-8-18(28-3)19(12-16)29-4/h5-8,11-12,22H,9-10,13H2,1-4H3,(H,21,23). The number of benzene rings is 2. The molecule has 0 aliphatic heterocycles. The summed E-state index contributed by atoms with van der Waals surface area (Å²) in [5.74, 6) is 1.66. The van der Waals surface area contributed by atoms with Gasteiger partial charge < -0.3 is 24.3 Å². The van der Waals surface area contributed by atoms with E-state index in [0.29, 0.717) is 23.0 Å². The van der Waals surface area contributed by atoms with Gasteiger partial charge in [-0.05, 0) is 30.3 Å². The van der Waals surface area contributed by atoms with Crippen molar-refractivity contribution >= 4 is 15.9 Å². The topological polar surface area (TPSA) is 112 Å². The number of nitrogens with one attached hydrogen (secondary N) is 2. The van der Waals surface area contributed by atoms with Crippen LogP contribution >= 0.6 is 0 Å². The van der Waals surface area contributed by atoms with Gasteiger partial charge in [0.15, 0.2) is 11.5 Å². The van der Waals surface area contributed by atoms with E-state index in [-0.39, 0.29) is 30.3 Å². The van der Waals surface area contributed by atoms with Crippen LogP contribution in [0, 0.1) is 0 Å². The first-order valence-electron chi connectivity index (χ1n) is 9.04. The second kappa shape index (κ2) is 10.7. The van der Waals surface area contributed by atoms with Crippen LogP contribution in [0.1, 0.15) is 12.0 Å². The Bertz CT molecular complexity index is 977. The van der Waals surface area contributed by atoms with Crippen LogP contribution < -0.4 is 29.0 Å². The summed E-state index contributed by atoms with van der Waals surface area (Å²) in [7, 11) is 2.17. The normalized spacial score (nSPS) is 10.9. The quantitative estimate of drug-likeness (QED) is 0.549. The second-order valence-electron chi connectivity index (χ2n) is 6.12. The molecule has 0 radical (unpaired) electrons. The van der Waals surface area contributed by atoms with Crippen LogP contribution in [-0.2, 0) is 21.4 Å². The lowest BCUT2D eigenvalue weighted by atomic mass is 10.2. The molecule has 2 aromatic rings. The molecule has 0 aliphatic rings. The summed E-state index contributed by atoms with van der Waals surface area (Å²) in [6.45, 7) is 0.166. The number of hydrogen-bond acceptors (Lipinski definition) is 7. The number of hydrogen-bond donors (Lipinski definition) is 2. The Hall–Kier alpha value is -2.98. The van der Waals surface area contributed by atoms with Gasteiger partial charge in [-0.1, -0.05) is 0 Å². The van der Waals surface area contributed by atoms with Gasteiger partial charge in [-0.3, -0.25) is 4.79 Å². The minimum atomic E-state index is -3.80. The zero-order valence-electron chi connectivity index (χ0n) is 17.4. The Morgan fingerprint density at radius 1 is 0.867 bits per heavy atom. The van der Waals surface area contributed by atoms with Crippen LogP contribution in [0.2, 0.25) is 0 Å². The second-order valence-corrected chi connectivity index (χ2v) is 7.89. The van der Waals surface area contributed by atoms with E-state index in [1.165, 1.54) is 39.5 Å². The van der Waals surface area contributed by atoms with Crippen LogP contribution in [0.4, 0.5) is 0 Å². The van der Waals surface area contributed by atoms with E-state index in [1.807, 2.05) is 0 Å². The highest BCUT2D eigenvalue weighted by Gasteiger charge is 2.17. The summed E-state index contributed by atoms with van der Waals surface area (Å²) in [6.07, 6.45) is -0.0290. The molecule has 0 spiro atoms. The summed E-state index contributed by atoms with van der Waals surface area (Å²) in [5.41, 5.74) is 0.746. The smallest absolute Gasteiger partial charge is 0.240 e. The fraction of sp³-hybridized carbons (Fsp3) is 0.350. The molecular formula is C20H26N2O7S. The average Bonchev–Trinajstić information content (AvgIpc) is 2.76. The molecule has 0 atom stereocenters. The molecule has 0 bridgehead atoms. The van der Waals surface area contributed by atoms with Gasteiger partial charge in [-0.25, -0.2) is 13.1 Å². The van der Waals surface area contributed by atoms with E-state index in [2.05, 4.69) is 10.0 Å². The van der Waals surface area contributed by atoms with Gasteiger partial charge in [0, 0.05) is 31.1 Å². The molecule has 2 N–H and O–H groups in total. The summed E-state index contributed by atoms with van der Waals surface area (Å²) < 4.78 is 48.0. The summed E-state index contributed by atoms with van der Waals surface area (Å²) in [4.78, 5) is 12.1. The molecule has 0 unspecified atom stereocenters. The number of rotatable bonds is 11. The number of methoxy groups -OCH3 is 4. The monoisotopic (exact) mass is 438 g/mol. The van der Waals surface area contributed by atoms with Crippen molar-refractivity contribution in [3.8, 4) is 23.0 Å². The van der Waals surface area contributed by atoms with Crippen LogP contribution in [0.5, 0.6) is 23.0 Å². The molecule has 0 saturated carbocycles. The van der Waals surface area contributed by atoms with Gasteiger partial charge in [-0.15, -0.1) is 0 Å². The SMILES string of the molecule is COc1ccc(OC)c(CNC(=O)CCNS(=O)(=O)c2ccc(OC)c(OC)c2)c1. The van der Waals surface area contributed by atoms with Crippen molar-refractivity contribution in [2.75, 3.05) is 35.0 Å². The van der Waals surface area contributed by atoms with Gasteiger partial charge >= 0.3 is 0 Å². The fourth-order valence-electron chi connectivity index (χ4n) is 2.67. The number of sulfonamides is 1. The molecule has 2 aromatic carbocycles. The Kier molecular flexibility index (Phi) is 8.31. The fourth-order valence-corrected chi connectivity index (χ4v) is 3.72. The molecule has 2 rings (SSSR count). The maximum Gasteiger partial charge on any atom is 0.240 e. The summed E-state index contributed by atoms with van der Waals surface area (Å²) >= 11 is 0. The number of carbonyl (C=O) groups is 1. The van der Waals surface area contributed by atoms with Crippen LogP contribution in [0.25, 0.3) is 0 Å². The molecule has 0 aliphatic carbocycles. The number of carbonyl (C=O) groups excluding carboxylic acids is 1. The molecule has 9 nitrogen and oxygen atoms in total. The highest BCUT2D eigenvalue weighted by molar-refractivity contribution is 7.89. The maximum absolute atomic E-state index is 12.4. The zero-order chi connectivity index (χ0) is 22.1. The van der Waals surface area contributed by atoms with Gasteiger partial charge in [0.25, 0.3) is 0 Å². The van der Waals surface area contributed by atoms with Crippen molar-refractivity contribution in [2.45, 2.75) is 17.9 Å². The van der Waals surface area contributed by atoms with Gasteiger partial charge in [-0.2, -0.15) is 0 Å². The van der Waals surface area contributed by atoms with Gasteiger partial charge in [0.2, 0.25) is 15.9 Å². The van der Waals surface area contributed by atoms with Crippen molar-refractivity contribution in [2.24, 2.45) is 0 Å². The Balaban J connectivity index is 1.91. The first kappa shape index (κ1) is 23.3. The van der Waals surface area contributed by atoms with E-state index in [0.717, 1.165) is 5.56 Å². The maximum atomic E-state index is 12.4. The lowest BCUT2D eigenvalue weighted by molar-refractivity contribution is -0.121. The van der Waals surface area contributed by atoms with E-state index in [4.69, 9.17) is 18.9 Å². The minimum Gasteiger partial charge on any atom is -0.497 e. The summed E-state index contributed by atoms with van der Waals surface area (Å²) in [6, 6.07) is 9.53. The molecule has 10 heteroatoms. The Labute approximate surface area is 176 Å². The molecule has 0 aromatic heterocycles. The van der Waals surface area contributed by atoms with E-state index in [9.17, 15) is 13.2 Å². The predicted octanol–water partition coefficient (Wildman–Crippen LogP) is 1.71. The first-order valence-corrected chi connectivity index (χ1v) is 10.5. The van der Waals surface area contributed by atoms with E-state index < -0.39 is 10.0 Å². The Morgan fingerprint density at radius 3 is 2.17 bits per heavy atom. The lowest BCUT2D eigenvalue weighted by Crippen LogP contribution is -2.30. The first-order chi connectivity index (χ1) is 14.3. The van der Waals surface area contributed by atoms with Crippen LogP contribution in [-0.4, -0.2) is 49.3 Å². The van der Waals surface area contributed by atoms with Crippen LogP contribution in [0.15, 0.2) is 41.3 Å². The summed E-state index contributed by atoms with van der Waals surface area (Å²) in [5, 5.41) is 2.74. The highest BCUT2D eigenvalue weighted by atomic mass is 32.2. The van der Waals surface area contributed by atoms with Crippen LogP contribution in [0.3, 0.4) is 0 Å². The third-order valence-electron chi connectivity index (χ3n) is 4.27. The highest BCUT2D eigenvalue weighted by Crippen LogP contribution is 2.29.